The molecular formula is C15H32O6P+. The Morgan fingerprint density at radius 2 is 1.09 bits per heavy atom. The molecule has 0 heterocycles. The van der Waals surface area contributed by atoms with Crippen molar-refractivity contribution in [3.05, 3.63) is 0 Å². The van der Waals surface area contributed by atoms with E-state index in [2.05, 4.69) is 0 Å². The van der Waals surface area contributed by atoms with E-state index in [9.17, 15) is 0 Å². The van der Waals surface area contributed by atoms with Crippen LogP contribution in [0, 0.1) is 0 Å². The Morgan fingerprint density at radius 1 is 0.682 bits per heavy atom. The monoisotopic (exact) mass is 339 g/mol. The summed E-state index contributed by atoms with van der Waals surface area (Å²) in [7, 11) is 2.65. The van der Waals surface area contributed by atoms with Gasteiger partial charge in [0.1, 0.15) is 6.10 Å². The van der Waals surface area contributed by atoms with Crippen LogP contribution in [0.15, 0.2) is 0 Å². The Morgan fingerprint density at radius 3 is 1.45 bits per heavy atom. The van der Waals surface area contributed by atoms with Crippen LogP contribution in [0.5, 0.6) is 0 Å². The molecule has 1 aliphatic rings. The average molecular weight is 339 g/mol. The maximum Gasteiger partial charge on any atom is 0.417 e. The van der Waals surface area contributed by atoms with E-state index in [-0.39, 0.29) is 24.0 Å². The van der Waals surface area contributed by atoms with Crippen molar-refractivity contribution in [2.45, 2.75) is 57.6 Å². The van der Waals surface area contributed by atoms with Gasteiger partial charge in [-0.1, -0.05) is 0 Å². The highest BCUT2D eigenvalue weighted by Gasteiger charge is 2.60. The molecule has 0 spiro atoms. The van der Waals surface area contributed by atoms with E-state index < -0.39 is 7.94 Å². The van der Waals surface area contributed by atoms with Gasteiger partial charge in [0, 0.05) is 34.2 Å². The summed E-state index contributed by atoms with van der Waals surface area (Å²) < 4.78 is 35.0. The molecule has 1 fully saturated rings. The Labute approximate surface area is 135 Å². The largest absolute Gasteiger partial charge is 0.417 e. The van der Waals surface area contributed by atoms with Crippen LogP contribution < -0.4 is 0 Å². The van der Waals surface area contributed by atoms with E-state index in [0.717, 1.165) is 12.8 Å². The van der Waals surface area contributed by atoms with Crippen molar-refractivity contribution >= 4 is 7.94 Å². The summed E-state index contributed by atoms with van der Waals surface area (Å²) in [5.41, 5.74) is 0.0219. The highest BCUT2D eigenvalue weighted by molar-refractivity contribution is 7.62. The van der Waals surface area contributed by atoms with E-state index in [1.165, 1.54) is 0 Å². The minimum Gasteiger partial charge on any atom is -0.379 e. The van der Waals surface area contributed by atoms with Crippen LogP contribution in [0.25, 0.3) is 0 Å². The number of methoxy groups -OCH3 is 3. The van der Waals surface area contributed by atoms with Crippen molar-refractivity contribution in [3.8, 4) is 0 Å². The molecule has 6 nitrogen and oxygen atoms in total. The SMILES string of the molecule is CCO[P+](OCC)(OCC)C1CC(OC)C(OC)CC1OC. The first-order valence-corrected chi connectivity index (χ1v) is 9.64. The molecule has 0 N–H and O–H groups in total. The number of ether oxygens (including phenoxy) is 3. The first kappa shape index (κ1) is 20.2. The van der Waals surface area contributed by atoms with Gasteiger partial charge in [0.05, 0.1) is 32.0 Å². The molecule has 0 radical (unpaired) electrons. The fourth-order valence-corrected chi connectivity index (χ4v) is 6.09. The van der Waals surface area contributed by atoms with Crippen LogP contribution in [0.3, 0.4) is 0 Å². The van der Waals surface area contributed by atoms with Crippen LogP contribution in [-0.4, -0.2) is 65.1 Å². The summed E-state index contributed by atoms with van der Waals surface area (Å²) >= 11 is 0. The minimum atomic E-state index is -2.49. The number of hydrogen-bond donors (Lipinski definition) is 0. The zero-order valence-electron chi connectivity index (χ0n) is 14.7. The normalized spacial score (nSPS) is 29.7. The molecule has 1 aliphatic carbocycles. The summed E-state index contributed by atoms with van der Waals surface area (Å²) in [6.45, 7) is 7.53. The zero-order chi connectivity index (χ0) is 16.6. The third kappa shape index (κ3) is 4.60. The lowest BCUT2D eigenvalue weighted by atomic mass is 9.91. The number of rotatable bonds is 10. The van der Waals surface area contributed by atoms with Gasteiger partial charge in [-0.25, -0.2) is 0 Å². The second kappa shape index (κ2) is 10.1. The maximum absolute atomic E-state index is 6.03. The van der Waals surface area contributed by atoms with Crippen molar-refractivity contribution in [3.63, 3.8) is 0 Å². The summed E-state index contributed by atoms with van der Waals surface area (Å²) in [5, 5.41) is 0. The van der Waals surface area contributed by atoms with Gasteiger partial charge in [0.2, 0.25) is 0 Å². The Hall–Kier alpha value is 0.190. The van der Waals surface area contributed by atoms with Crippen molar-refractivity contribution in [1.82, 2.24) is 0 Å². The molecule has 1 saturated carbocycles. The molecule has 7 heteroatoms. The van der Waals surface area contributed by atoms with Crippen molar-refractivity contribution in [1.29, 1.82) is 0 Å². The predicted molar refractivity (Wildman–Crippen MR) is 87.2 cm³/mol. The van der Waals surface area contributed by atoms with Gasteiger partial charge in [-0.15, -0.1) is 0 Å². The second-order valence-electron chi connectivity index (χ2n) is 5.15. The average Bonchev–Trinajstić information content (AvgIpc) is 2.54. The van der Waals surface area contributed by atoms with Crippen molar-refractivity contribution in [2.75, 3.05) is 41.2 Å². The van der Waals surface area contributed by atoms with E-state index in [4.69, 9.17) is 27.8 Å². The lowest BCUT2D eigenvalue weighted by Gasteiger charge is -2.40. The smallest absolute Gasteiger partial charge is 0.379 e. The molecule has 4 unspecified atom stereocenters. The third-order valence-electron chi connectivity index (χ3n) is 4.02. The quantitative estimate of drug-likeness (QED) is 0.570. The predicted octanol–water partition coefficient (Wildman–Crippen LogP) is 3.07. The molecule has 4 atom stereocenters. The standard InChI is InChI=1S/C15H32O6P/c1-7-19-22(20-8-2,21-9-3)15-11-13(17-5)12(16-4)10-14(15)18-6/h12-15H,7-11H2,1-6H3/q+1. The molecule has 132 valence electrons. The second-order valence-corrected chi connectivity index (χ2v) is 7.67. The Kier molecular flexibility index (Phi) is 9.32. The zero-order valence-corrected chi connectivity index (χ0v) is 15.6. The molecular weight excluding hydrogens is 307 g/mol. The lowest BCUT2D eigenvalue weighted by molar-refractivity contribution is -0.0967. The molecule has 0 aliphatic heterocycles. The minimum absolute atomic E-state index is 0.0119. The van der Waals surface area contributed by atoms with Gasteiger partial charge < -0.3 is 14.2 Å². The highest BCUT2D eigenvalue weighted by Crippen LogP contribution is 2.69. The van der Waals surface area contributed by atoms with Crippen LogP contribution in [0.4, 0.5) is 0 Å². The molecule has 22 heavy (non-hydrogen) atoms. The molecule has 0 amide bonds. The fraction of sp³-hybridized carbons (Fsp3) is 1.00. The molecule has 0 bridgehead atoms. The van der Waals surface area contributed by atoms with Gasteiger partial charge in [0.15, 0.2) is 5.66 Å². The first-order valence-electron chi connectivity index (χ1n) is 8.02. The topological polar surface area (TPSA) is 55.4 Å². The fourth-order valence-electron chi connectivity index (χ4n) is 3.10. The molecule has 0 aromatic rings. The third-order valence-corrected chi connectivity index (χ3v) is 7.23. The van der Waals surface area contributed by atoms with Gasteiger partial charge in [-0.3, -0.25) is 0 Å². The maximum atomic E-state index is 6.03. The highest BCUT2D eigenvalue weighted by atomic mass is 31.2. The Bertz CT molecular complexity index is 287. The van der Waals surface area contributed by atoms with Crippen LogP contribution in [-0.2, 0) is 27.8 Å². The van der Waals surface area contributed by atoms with Crippen LogP contribution in [0.1, 0.15) is 33.6 Å². The molecule has 0 saturated heterocycles. The van der Waals surface area contributed by atoms with Crippen LogP contribution in [0.2, 0.25) is 0 Å². The molecule has 0 aromatic heterocycles. The van der Waals surface area contributed by atoms with Crippen LogP contribution >= 0.6 is 7.94 Å². The van der Waals surface area contributed by atoms with E-state index in [1.54, 1.807) is 21.3 Å². The van der Waals surface area contributed by atoms with Gasteiger partial charge in [-0.05, 0) is 20.8 Å². The summed E-state index contributed by atoms with van der Waals surface area (Å²) in [5.74, 6) is 0. The van der Waals surface area contributed by atoms with Gasteiger partial charge in [-0.2, -0.15) is 13.6 Å². The summed E-state index contributed by atoms with van der Waals surface area (Å²) in [6, 6.07) is 0. The van der Waals surface area contributed by atoms with E-state index in [1.807, 2.05) is 20.8 Å². The van der Waals surface area contributed by atoms with E-state index in [0.29, 0.717) is 19.8 Å². The molecule has 0 aromatic carbocycles. The molecule has 1 rings (SSSR count). The summed E-state index contributed by atoms with van der Waals surface area (Å²) in [6.07, 6.45) is 1.45. The first-order chi connectivity index (χ1) is 10.6. The Balaban J connectivity index is 3.07. The summed E-state index contributed by atoms with van der Waals surface area (Å²) in [4.78, 5) is 0. The van der Waals surface area contributed by atoms with Gasteiger partial charge >= 0.3 is 7.94 Å². The van der Waals surface area contributed by atoms with E-state index >= 15 is 0 Å². The van der Waals surface area contributed by atoms with Gasteiger partial charge in [0.25, 0.3) is 0 Å². The number of hydrogen-bond acceptors (Lipinski definition) is 6. The van der Waals surface area contributed by atoms with Crippen molar-refractivity contribution in [2.24, 2.45) is 0 Å². The lowest BCUT2D eigenvalue weighted by Crippen LogP contribution is -2.49. The van der Waals surface area contributed by atoms with Crippen molar-refractivity contribution < 1.29 is 27.8 Å².